The number of aromatic amines is 1. The Morgan fingerprint density at radius 1 is 1.17 bits per heavy atom. The number of nitrogens with zero attached hydrogens (tertiary/aromatic N) is 3. The van der Waals surface area contributed by atoms with Crippen LogP contribution in [0.5, 0.6) is 0 Å². The first-order valence-corrected chi connectivity index (χ1v) is 9.73. The van der Waals surface area contributed by atoms with Crippen molar-refractivity contribution in [2.45, 2.75) is 6.92 Å². The van der Waals surface area contributed by atoms with Crippen LogP contribution in [-0.2, 0) is 4.79 Å². The molecule has 1 amide bonds. The zero-order valence-electron chi connectivity index (χ0n) is 15.5. The first kappa shape index (κ1) is 18.6. The van der Waals surface area contributed by atoms with E-state index >= 15 is 0 Å². The van der Waals surface area contributed by atoms with Gasteiger partial charge in [0.2, 0.25) is 11.9 Å². The van der Waals surface area contributed by atoms with Gasteiger partial charge in [0.25, 0.3) is 5.56 Å². The third-order valence-electron chi connectivity index (χ3n) is 4.02. The molecule has 29 heavy (non-hydrogen) atoms. The highest BCUT2D eigenvalue weighted by atomic mass is 32.1. The number of aryl methyl sites for hydroxylation is 1. The van der Waals surface area contributed by atoms with E-state index in [1.807, 2.05) is 47.8 Å². The summed E-state index contributed by atoms with van der Waals surface area (Å²) in [5.74, 6) is 0.327. The second-order valence-electron chi connectivity index (χ2n) is 6.25. The highest BCUT2D eigenvalue weighted by Gasteiger charge is 2.15. The second-order valence-corrected chi connectivity index (χ2v) is 7.20. The summed E-state index contributed by atoms with van der Waals surface area (Å²) < 4.78 is 1.43. The average Bonchev–Trinajstić information content (AvgIpc) is 3.36. The Morgan fingerprint density at radius 2 is 2.00 bits per heavy atom. The quantitative estimate of drug-likeness (QED) is 0.498. The highest BCUT2D eigenvalue weighted by molar-refractivity contribution is 7.13. The topological polar surface area (TPSA) is 92.7 Å². The van der Waals surface area contributed by atoms with E-state index in [0.717, 1.165) is 10.4 Å². The average molecular weight is 403 g/mol. The van der Waals surface area contributed by atoms with Crippen molar-refractivity contribution in [2.75, 3.05) is 5.32 Å². The highest BCUT2D eigenvalue weighted by Crippen LogP contribution is 2.27. The van der Waals surface area contributed by atoms with E-state index < -0.39 is 0 Å². The van der Waals surface area contributed by atoms with Crippen LogP contribution in [0, 0.1) is 6.92 Å². The number of H-pyrrole nitrogens is 1. The van der Waals surface area contributed by atoms with Crippen molar-refractivity contribution in [1.29, 1.82) is 0 Å². The molecule has 1 aromatic carbocycles. The number of amides is 1. The summed E-state index contributed by atoms with van der Waals surface area (Å²) in [7, 11) is 0. The monoisotopic (exact) mass is 403 g/mol. The van der Waals surface area contributed by atoms with Gasteiger partial charge in [0, 0.05) is 23.9 Å². The van der Waals surface area contributed by atoms with Crippen LogP contribution >= 0.6 is 11.3 Å². The normalized spacial score (nSPS) is 11.1. The molecule has 8 heteroatoms. The van der Waals surface area contributed by atoms with Crippen LogP contribution < -0.4 is 10.9 Å². The molecule has 0 atom stereocenters. The second kappa shape index (κ2) is 8.07. The maximum Gasteiger partial charge on any atom is 0.252 e. The van der Waals surface area contributed by atoms with Gasteiger partial charge in [-0.1, -0.05) is 36.4 Å². The fraction of sp³-hybridized carbons (Fsp3) is 0.0476. The maximum atomic E-state index is 12.5. The number of carbonyl (C=O) groups is 1. The van der Waals surface area contributed by atoms with Crippen LogP contribution in [0.3, 0.4) is 0 Å². The van der Waals surface area contributed by atoms with Crippen molar-refractivity contribution in [1.82, 2.24) is 19.7 Å². The number of carbonyl (C=O) groups excluding carboxylic acids is 1. The molecule has 0 aliphatic rings. The summed E-state index contributed by atoms with van der Waals surface area (Å²) in [4.78, 5) is 32.3. The lowest BCUT2D eigenvalue weighted by Crippen LogP contribution is -2.17. The van der Waals surface area contributed by atoms with Crippen LogP contribution in [0.15, 0.2) is 70.8 Å². The summed E-state index contributed by atoms with van der Waals surface area (Å²) in [5.41, 5.74) is 1.85. The Morgan fingerprint density at radius 3 is 2.72 bits per heavy atom. The predicted molar refractivity (Wildman–Crippen MR) is 114 cm³/mol. The molecule has 144 valence electrons. The molecule has 0 spiro atoms. The van der Waals surface area contributed by atoms with Gasteiger partial charge in [0.15, 0.2) is 0 Å². The molecule has 0 fully saturated rings. The molecule has 0 saturated heterocycles. The summed E-state index contributed by atoms with van der Waals surface area (Å²) in [5, 5.41) is 9.30. The molecular weight excluding hydrogens is 386 g/mol. The van der Waals surface area contributed by atoms with Gasteiger partial charge >= 0.3 is 0 Å². The molecule has 0 aliphatic carbocycles. The summed E-state index contributed by atoms with van der Waals surface area (Å²) in [6, 6.07) is 16.5. The summed E-state index contributed by atoms with van der Waals surface area (Å²) >= 11 is 1.53. The molecule has 0 unspecified atom stereocenters. The molecule has 4 rings (SSSR count). The smallest absolute Gasteiger partial charge is 0.252 e. The molecular formula is C21H17N5O2S. The fourth-order valence-corrected chi connectivity index (χ4v) is 3.43. The molecule has 3 heterocycles. The van der Waals surface area contributed by atoms with Gasteiger partial charge in [-0.15, -0.1) is 11.3 Å². The standard InChI is InChI=1S/C21H17N5O2S/c1-14-12-20(28)24-21(22-14)26-18(13-16(25-26)17-8-5-11-29-17)23-19(27)10-9-15-6-3-2-4-7-15/h2-13H,1H3,(H,23,27)(H,22,24,28)/b10-9-. The minimum Gasteiger partial charge on any atom is -0.307 e. The van der Waals surface area contributed by atoms with Gasteiger partial charge < -0.3 is 5.32 Å². The molecule has 7 nitrogen and oxygen atoms in total. The molecule has 0 saturated carbocycles. The van der Waals surface area contributed by atoms with Gasteiger partial charge in [0.1, 0.15) is 11.5 Å². The van der Waals surface area contributed by atoms with Crippen molar-refractivity contribution in [3.05, 3.63) is 87.7 Å². The lowest BCUT2D eigenvalue weighted by Gasteiger charge is -2.06. The molecule has 4 aromatic rings. The van der Waals surface area contributed by atoms with Crippen LogP contribution in [0.4, 0.5) is 5.82 Å². The van der Waals surface area contributed by atoms with Crippen molar-refractivity contribution in [2.24, 2.45) is 0 Å². The zero-order valence-corrected chi connectivity index (χ0v) is 16.3. The fourth-order valence-electron chi connectivity index (χ4n) is 2.74. The first-order valence-electron chi connectivity index (χ1n) is 8.85. The number of nitrogens with one attached hydrogen (secondary N) is 2. The number of benzene rings is 1. The summed E-state index contributed by atoms with van der Waals surface area (Å²) in [6.07, 6.45) is 3.17. The Hall–Kier alpha value is -3.78. The Balaban J connectivity index is 1.68. The molecule has 0 bridgehead atoms. The number of anilines is 1. The minimum absolute atomic E-state index is 0.236. The van der Waals surface area contributed by atoms with E-state index in [1.165, 1.54) is 28.2 Å². The largest absolute Gasteiger partial charge is 0.307 e. The van der Waals surface area contributed by atoms with Crippen molar-refractivity contribution >= 4 is 29.1 Å². The van der Waals surface area contributed by atoms with E-state index in [-0.39, 0.29) is 17.4 Å². The molecule has 3 aromatic heterocycles. The number of thiophene rings is 1. The van der Waals surface area contributed by atoms with Crippen LogP contribution in [-0.4, -0.2) is 25.7 Å². The van der Waals surface area contributed by atoms with Crippen molar-refractivity contribution in [3.8, 4) is 16.5 Å². The van der Waals surface area contributed by atoms with E-state index in [2.05, 4.69) is 20.4 Å². The Labute approximate surface area is 170 Å². The van der Waals surface area contributed by atoms with Crippen molar-refractivity contribution in [3.63, 3.8) is 0 Å². The van der Waals surface area contributed by atoms with Gasteiger partial charge in [-0.3, -0.25) is 14.6 Å². The first-order chi connectivity index (χ1) is 14.1. The lowest BCUT2D eigenvalue weighted by molar-refractivity contribution is -0.111. The van der Waals surface area contributed by atoms with Gasteiger partial charge in [-0.2, -0.15) is 9.78 Å². The van der Waals surface area contributed by atoms with E-state index in [0.29, 0.717) is 17.2 Å². The number of hydrogen-bond donors (Lipinski definition) is 2. The Bertz CT molecular complexity index is 1220. The number of rotatable bonds is 5. The molecule has 2 N–H and O–H groups in total. The lowest BCUT2D eigenvalue weighted by atomic mass is 10.2. The number of hydrogen-bond acceptors (Lipinski definition) is 5. The van der Waals surface area contributed by atoms with Crippen LogP contribution in [0.2, 0.25) is 0 Å². The van der Waals surface area contributed by atoms with Gasteiger partial charge in [-0.05, 0) is 30.0 Å². The predicted octanol–water partition coefficient (Wildman–Crippen LogP) is 3.64. The van der Waals surface area contributed by atoms with E-state index in [9.17, 15) is 9.59 Å². The number of aromatic nitrogens is 4. The van der Waals surface area contributed by atoms with Crippen LogP contribution in [0.1, 0.15) is 11.3 Å². The molecule has 0 radical (unpaired) electrons. The third kappa shape index (κ3) is 4.39. The molecule has 0 aliphatic heterocycles. The third-order valence-corrected chi connectivity index (χ3v) is 4.91. The van der Waals surface area contributed by atoms with E-state index in [1.54, 1.807) is 19.1 Å². The maximum absolute atomic E-state index is 12.5. The van der Waals surface area contributed by atoms with Crippen molar-refractivity contribution < 1.29 is 4.79 Å². The summed E-state index contributed by atoms with van der Waals surface area (Å²) in [6.45, 7) is 1.73. The van der Waals surface area contributed by atoms with E-state index in [4.69, 9.17) is 0 Å². The van der Waals surface area contributed by atoms with Gasteiger partial charge in [0.05, 0.1) is 4.88 Å². The minimum atomic E-state index is -0.317. The van der Waals surface area contributed by atoms with Gasteiger partial charge in [-0.25, -0.2) is 4.98 Å². The zero-order chi connectivity index (χ0) is 20.2. The van der Waals surface area contributed by atoms with Crippen LogP contribution in [0.25, 0.3) is 22.6 Å². The Kier molecular flexibility index (Phi) is 5.17. The SMILES string of the molecule is Cc1cc(=O)[nH]c(-n2nc(-c3cccs3)cc2NC(=O)/C=C\c2ccccc2)n1.